The Hall–Kier alpha value is -4.66. The number of phenols is 2. The Morgan fingerprint density at radius 3 is 2.28 bits per heavy atom. The van der Waals surface area contributed by atoms with Gasteiger partial charge in [0.05, 0.1) is 33.3 Å². The molecule has 0 amide bonds. The van der Waals surface area contributed by atoms with E-state index in [9.17, 15) is 19.8 Å². The zero-order valence-electron chi connectivity index (χ0n) is 19.7. The summed E-state index contributed by atoms with van der Waals surface area (Å²) in [6.07, 6.45) is 1.24. The lowest BCUT2D eigenvalue weighted by Crippen LogP contribution is -2.22. The second-order valence-corrected chi connectivity index (χ2v) is 8.22. The summed E-state index contributed by atoms with van der Waals surface area (Å²) in [6.45, 7) is 0. The summed E-state index contributed by atoms with van der Waals surface area (Å²) in [6, 6.07) is 11.0. The van der Waals surface area contributed by atoms with Gasteiger partial charge in [-0.1, -0.05) is 12.1 Å². The van der Waals surface area contributed by atoms with Gasteiger partial charge in [0.2, 0.25) is 5.43 Å². The topological polar surface area (TPSA) is 125 Å². The van der Waals surface area contributed by atoms with E-state index >= 15 is 0 Å². The van der Waals surface area contributed by atoms with E-state index in [-0.39, 0.29) is 46.0 Å². The van der Waals surface area contributed by atoms with Gasteiger partial charge in [-0.15, -0.1) is 0 Å². The van der Waals surface area contributed by atoms with Crippen LogP contribution in [0, 0.1) is 0 Å². The van der Waals surface area contributed by atoms with E-state index in [0.717, 1.165) is 0 Å². The molecule has 0 spiro atoms. The molecule has 9 nitrogen and oxygen atoms in total. The van der Waals surface area contributed by atoms with Crippen LogP contribution < -0.4 is 24.4 Å². The Balaban J connectivity index is 1.73. The summed E-state index contributed by atoms with van der Waals surface area (Å²) in [4.78, 5) is 26.0. The van der Waals surface area contributed by atoms with E-state index in [1.165, 1.54) is 39.7 Å². The van der Waals surface area contributed by atoms with Gasteiger partial charge in [-0.25, -0.2) is 0 Å². The molecule has 0 saturated carbocycles. The second-order valence-electron chi connectivity index (χ2n) is 8.22. The number of carbonyl (C=O) groups is 1. The first-order chi connectivity index (χ1) is 17.4. The van der Waals surface area contributed by atoms with Crippen molar-refractivity contribution in [2.45, 2.75) is 12.3 Å². The average molecular weight is 490 g/mol. The Labute approximate surface area is 205 Å². The largest absolute Gasteiger partial charge is 0.507 e. The lowest BCUT2D eigenvalue weighted by molar-refractivity contribution is -0.135. The Morgan fingerprint density at radius 2 is 1.58 bits per heavy atom. The molecule has 2 heterocycles. The van der Waals surface area contributed by atoms with E-state index in [4.69, 9.17) is 23.4 Å². The normalized spacial score (nSPS) is 14.8. The van der Waals surface area contributed by atoms with Crippen LogP contribution in [0.4, 0.5) is 0 Å². The highest BCUT2D eigenvalue weighted by Gasteiger charge is 2.34. The number of methoxy groups -OCH3 is 3. The molecule has 1 aromatic heterocycles. The minimum atomic E-state index is -0.601. The first-order valence-electron chi connectivity index (χ1n) is 11.0. The van der Waals surface area contributed by atoms with Crippen molar-refractivity contribution in [1.29, 1.82) is 0 Å². The standard InChI is InChI=1S/C27H22O9/c1-32-19-6-4-13(8-17(19)28)15-10-23(30)36-22-11-18(29)25-26(31)16(12-35-27(25)24(15)22)14-5-7-20(33-2)21(9-14)34-3/h4-9,11-12,15,28-29H,10H2,1-3H3/t15-/m1/s1. The number of hydrogen-bond acceptors (Lipinski definition) is 9. The third kappa shape index (κ3) is 3.65. The maximum atomic E-state index is 13.6. The number of ether oxygens (including phenoxy) is 4. The number of benzene rings is 3. The van der Waals surface area contributed by atoms with E-state index in [1.807, 2.05) is 0 Å². The summed E-state index contributed by atoms with van der Waals surface area (Å²) in [5.41, 5.74) is 1.32. The highest BCUT2D eigenvalue weighted by atomic mass is 16.5. The highest BCUT2D eigenvalue weighted by Crippen LogP contribution is 2.46. The monoisotopic (exact) mass is 490 g/mol. The molecule has 9 heteroatoms. The lowest BCUT2D eigenvalue weighted by atomic mass is 9.84. The predicted molar refractivity (Wildman–Crippen MR) is 129 cm³/mol. The zero-order valence-corrected chi connectivity index (χ0v) is 19.7. The molecule has 5 rings (SSSR count). The molecule has 0 unspecified atom stereocenters. The molecule has 0 aliphatic carbocycles. The number of aromatic hydroxyl groups is 2. The van der Waals surface area contributed by atoms with Crippen LogP contribution in [0.2, 0.25) is 0 Å². The van der Waals surface area contributed by atoms with Crippen LogP contribution in [0.3, 0.4) is 0 Å². The molecule has 0 radical (unpaired) electrons. The van der Waals surface area contributed by atoms with Crippen LogP contribution in [0.25, 0.3) is 22.1 Å². The van der Waals surface area contributed by atoms with Crippen LogP contribution in [0.5, 0.6) is 34.5 Å². The molecule has 36 heavy (non-hydrogen) atoms. The molecule has 184 valence electrons. The van der Waals surface area contributed by atoms with Crippen molar-refractivity contribution < 1.29 is 38.4 Å². The average Bonchev–Trinajstić information content (AvgIpc) is 2.87. The molecule has 4 aromatic rings. The molecular formula is C27H22O9. The predicted octanol–water partition coefficient (Wildman–Crippen LogP) is 4.34. The molecule has 2 N–H and O–H groups in total. The Bertz CT molecular complexity index is 1570. The van der Waals surface area contributed by atoms with Crippen LogP contribution in [0.15, 0.2) is 57.9 Å². The van der Waals surface area contributed by atoms with E-state index in [2.05, 4.69) is 0 Å². The van der Waals surface area contributed by atoms with E-state index in [1.54, 1.807) is 30.3 Å². The first-order valence-corrected chi connectivity index (χ1v) is 11.0. The van der Waals surface area contributed by atoms with Crippen molar-refractivity contribution in [2.24, 2.45) is 0 Å². The van der Waals surface area contributed by atoms with Crippen molar-refractivity contribution in [3.8, 4) is 45.6 Å². The van der Waals surface area contributed by atoms with Gasteiger partial charge in [-0.2, -0.15) is 0 Å². The van der Waals surface area contributed by atoms with Crippen LogP contribution in [-0.2, 0) is 4.79 Å². The zero-order chi connectivity index (χ0) is 25.6. The summed E-state index contributed by atoms with van der Waals surface area (Å²) in [7, 11) is 4.43. The van der Waals surface area contributed by atoms with Crippen molar-refractivity contribution in [3.05, 3.63) is 70.1 Å². The van der Waals surface area contributed by atoms with Gasteiger partial charge < -0.3 is 33.6 Å². The molecule has 1 aliphatic rings. The third-order valence-corrected chi connectivity index (χ3v) is 6.27. The van der Waals surface area contributed by atoms with Gasteiger partial charge in [-0.3, -0.25) is 9.59 Å². The Morgan fingerprint density at radius 1 is 0.861 bits per heavy atom. The number of fused-ring (bicyclic) bond motifs is 3. The van der Waals surface area contributed by atoms with Crippen molar-refractivity contribution >= 4 is 16.9 Å². The number of carbonyl (C=O) groups excluding carboxylic acids is 1. The van der Waals surface area contributed by atoms with Crippen LogP contribution in [-0.4, -0.2) is 37.5 Å². The van der Waals surface area contributed by atoms with E-state index < -0.39 is 17.3 Å². The lowest BCUT2D eigenvalue weighted by Gasteiger charge is -2.26. The number of hydrogen-bond donors (Lipinski definition) is 2. The fourth-order valence-corrected chi connectivity index (χ4v) is 4.54. The highest BCUT2D eigenvalue weighted by molar-refractivity contribution is 5.94. The summed E-state index contributed by atoms with van der Waals surface area (Å²) in [5, 5.41) is 21.0. The van der Waals surface area contributed by atoms with Crippen molar-refractivity contribution in [1.82, 2.24) is 0 Å². The molecule has 1 atom stereocenters. The smallest absolute Gasteiger partial charge is 0.312 e. The first kappa shape index (κ1) is 23.1. The molecule has 0 fully saturated rings. The van der Waals surface area contributed by atoms with Crippen molar-refractivity contribution in [3.63, 3.8) is 0 Å². The molecule has 0 bridgehead atoms. The fourth-order valence-electron chi connectivity index (χ4n) is 4.54. The van der Waals surface area contributed by atoms with Crippen LogP contribution >= 0.6 is 0 Å². The fraction of sp³-hybridized carbons (Fsp3) is 0.185. The minimum absolute atomic E-state index is 0.0540. The number of esters is 1. The SMILES string of the molecule is COc1ccc([C@H]2CC(=O)Oc3cc(O)c4c(=O)c(-c5ccc(OC)c(OC)c5)coc4c32)cc1O. The quantitative estimate of drug-likeness (QED) is 0.310. The summed E-state index contributed by atoms with van der Waals surface area (Å²) in [5.74, 6) is -0.326. The van der Waals surface area contributed by atoms with Gasteiger partial charge in [0.15, 0.2) is 23.0 Å². The van der Waals surface area contributed by atoms with Gasteiger partial charge >= 0.3 is 5.97 Å². The molecule has 0 saturated heterocycles. The van der Waals surface area contributed by atoms with E-state index in [0.29, 0.717) is 28.2 Å². The van der Waals surface area contributed by atoms with Gasteiger partial charge in [0, 0.05) is 17.5 Å². The second kappa shape index (κ2) is 8.84. The maximum Gasteiger partial charge on any atom is 0.312 e. The summed E-state index contributed by atoms with van der Waals surface area (Å²) < 4.78 is 27.0. The van der Waals surface area contributed by atoms with Gasteiger partial charge in [-0.05, 0) is 35.4 Å². The van der Waals surface area contributed by atoms with Crippen LogP contribution in [0.1, 0.15) is 23.5 Å². The third-order valence-electron chi connectivity index (χ3n) is 6.27. The molecule has 3 aromatic carbocycles. The number of rotatable bonds is 5. The van der Waals surface area contributed by atoms with Crippen molar-refractivity contribution in [2.75, 3.05) is 21.3 Å². The molecular weight excluding hydrogens is 468 g/mol. The van der Waals surface area contributed by atoms with Gasteiger partial charge in [0.1, 0.15) is 28.7 Å². The maximum absolute atomic E-state index is 13.6. The minimum Gasteiger partial charge on any atom is -0.507 e. The molecule has 1 aliphatic heterocycles. The van der Waals surface area contributed by atoms with Gasteiger partial charge in [0.25, 0.3) is 0 Å². The Kier molecular flexibility index (Phi) is 5.68. The summed E-state index contributed by atoms with van der Waals surface area (Å²) >= 11 is 0. The number of phenolic OH excluding ortho intramolecular Hbond substituents is 2.